The molecule has 0 atom stereocenters. The predicted molar refractivity (Wildman–Crippen MR) is 85.5 cm³/mol. The number of aromatic amines is 2. The molecule has 0 radical (unpaired) electrons. The topological polar surface area (TPSA) is 156 Å². The Bertz CT molecular complexity index is 1150. The quantitative estimate of drug-likeness (QED) is 0.640. The molecule has 2 aromatic rings. The Hall–Kier alpha value is -3.96. The van der Waals surface area contributed by atoms with Gasteiger partial charge in [0, 0.05) is 6.20 Å². The molecule has 2 N–H and O–H groups in total. The summed E-state index contributed by atoms with van der Waals surface area (Å²) in [6.45, 7) is 0. The molecular formula is C12H6N12. The molecule has 3 aliphatic heterocycles. The molecule has 0 amide bonds. The molecule has 5 heterocycles. The third-order valence-corrected chi connectivity index (χ3v) is 3.00. The summed E-state index contributed by atoms with van der Waals surface area (Å²) in [5.74, 6) is 1.94. The maximum Gasteiger partial charge on any atom is 0.253 e. The summed E-state index contributed by atoms with van der Waals surface area (Å²) in [6.07, 6.45) is 6.08. The number of amidine groups is 2. The summed E-state index contributed by atoms with van der Waals surface area (Å²) in [5, 5.41) is 0. The van der Waals surface area contributed by atoms with E-state index in [1.165, 1.54) is 18.6 Å². The number of hydrogen-bond acceptors (Lipinski definition) is 10. The van der Waals surface area contributed by atoms with Crippen LogP contribution in [0.3, 0.4) is 0 Å². The van der Waals surface area contributed by atoms with Crippen LogP contribution in [-0.4, -0.2) is 56.0 Å². The minimum atomic E-state index is 0.228. The summed E-state index contributed by atoms with van der Waals surface area (Å²) < 4.78 is 0. The van der Waals surface area contributed by atoms with Gasteiger partial charge in [-0.25, -0.2) is 15.0 Å². The van der Waals surface area contributed by atoms with Gasteiger partial charge in [0.25, 0.3) is 11.9 Å². The van der Waals surface area contributed by atoms with Crippen LogP contribution in [0.5, 0.6) is 0 Å². The maximum atomic E-state index is 4.27. The Morgan fingerprint density at radius 1 is 0.792 bits per heavy atom. The van der Waals surface area contributed by atoms with Crippen LogP contribution in [0.15, 0.2) is 52.3 Å². The van der Waals surface area contributed by atoms with Crippen molar-refractivity contribution in [3.8, 4) is 0 Å². The van der Waals surface area contributed by atoms with Crippen molar-refractivity contribution in [1.82, 2.24) is 19.9 Å². The molecule has 2 aromatic heterocycles. The average Bonchev–Trinajstić information content (AvgIpc) is 3.32. The van der Waals surface area contributed by atoms with Crippen LogP contribution in [0, 0.1) is 0 Å². The third-order valence-electron chi connectivity index (χ3n) is 3.00. The fraction of sp³-hybridized carbons (Fsp3) is 0. The number of aromatic nitrogens is 4. The number of aliphatic imine (C=N–C) groups is 6. The minimum Gasteiger partial charge on any atom is -0.327 e. The van der Waals surface area contributed by atoms with Crippen LogP contribution in [0.1, 0.15) is 0 Å². The third kappa shape index (κ3) is 2.27. The molecule has 0 fully saturated rings. The van der Waals surface area contributed by atoms with Crippen LogP contribution in [-0.2, 0) is 0 Å². The van der Waals surface area contributed by atoms with Gasteiger partial charge in [0.2, 0.25) is 11.6 Å². The average molecular weight is 318 g/mol. The van der Waals surface area contributed by atoms with Crippen LogP contribution < -0.4 is 11.1 Å². The Kier molecular flexibility index (Phi) is 2.50. The molecule has 24 heavy (non-hydrogen) atoms. The van der Waals surface area contributed by atoms with Crippen molar-refractivity contribution in [3.05, 3.63) is 23.5 Å². The highest BCUT2D eigenvalue weighted by molar-refractivity contribution is 6.42. The van der Waals surface area contributed by atoms with E-state index < -0.39 is 0 Å². The fourth-order valence-corrected chi connectivity index (χ4v) is 2.03. The lowest BCUT2D eigenvalue weighted by molar-refractivity contribution is 1.06. The highest BCUT2D eigenvalue weighted by atomic mass is 15.2. The molecule has 0 aromatic carbocycles. The van der Waals surface area contributed by atoms with E-state index in [2.05, 4.69) is 59.9 Å². The molecule has 3 aliphatic rings. The zero-order valence-electron chi connectivity index (χ0n) is 11.8. The van der Waals surface area contributed by atoms with E-state index in [0.29, 0.717) is 34.5 Å². The number of nitrogens with zero attached hydrogens (tertiary/aromatic N) is 10. The molecule has 5 rings (SSSR count). The van der Waals surface area contributed by atoms with Gasteiger partial charge in [0.1, 0.15) is 0 Å². The van der Waals surface area contributed by atoms with Gasteiger partial charge < -0.3 is 9.97 Å². The van der Waals surface area contributed by atoms with E-state index in [1.54, 1.807) is 6.20 Å². The fourth-order valence-electron chi connectivity index (χ4n) is 2.03. The largest absolute Gasteiger partial charge is 0.327 e. The number of nitrogens with one attached hydrogen (secondary N) is 2. The van der Waals surface area contributed by atoms with E-state index >= 15 is 0 Å². The number of rotatable bonds is 0. The van der Waals surface area contributed by atoms with Crippen molar-refractivity contribution in [2.24, 2.45) is 39.9 Å². The van der Waals surface area contributed by atoms with Gasteiger partial charge in [-0.3, -0.25) is 0 Å². The van der Waals surface area contributed by atoms with Crippen molar-refractivity contribution >= 4 is 47.8 Å². The lowest BCUT2D eigenvalue weighted by Crippen LogP contribution is -2.14. The molecule has 0 aliphatic carbocycles. The van der Waals surface area contributed by atoms with Crippen molar-refractivity contribution in [2.45, 2.75) is 0 Å². The summed E-state index contributed by atoms with van der Waals surface area (Å²) in [5.41, 5.74) is 0.831. The molecule has 0 unspecified atom stereocenters. The first-order chi connectivity index (χ1) is 11.8. The molecular weight excluding hydrogens is 312 g/mol. The second kappa shape index (κ2) is 4.77. The first-order valence-electron chi connectivity index (χ1n) is 6.77. The van der Waals surface area contributed by atoms with Gasteiger partial charge in [-0.15, -0.1) is 0 Å². The molecule has 0 saturated heterocycles. The SMILES string of the molecule is C1=NC2=NC3=NC(=Nc4c[nH]c(n4)N=c4cnc([nH]4)=NC1=N2)N=C3. The molecule has 8 bridgehead atoms. The van der Waals surface area contributed by atoms with Crippen molar-refractivity contribution in [2.75, 3.05) is 0 Å². The zero-order valence-corrected chi connectivity index (χ0v) is 11.8. The standard InChI is InChI=1S/C12H6N12/c1-5-17-9(13-1)22-6-2-15-11(19-6)24-8-4-16-12(20-8)23-7-3-14-10(18-7)21-5/h1-4H,(H2,13,14,15,16,17,18,19,20,21,22,23,24). The molecule has 114 valence electrons. The summed E-state index contributed by atoms with van der Waals surface area (Å²) in [4.78, 5) is 47.5. The summed E-state index contributed by atoms with van der Waals surface area (Å²) >= 11 is 0. The maximum absolute atomic E-state index is 4.27. The first kappa shape index (κ1) is 12.6. The zero-order chi connectivity index (χ0) is 15.9. The van der Waals surface area contributed by atoms with Crippen molar-refractivity contribution in [3.63, 3.8) is 0 Å². The van der Waals surface area contributed by atoms with Crippen LogP contribution in [0.25, 0.3) is 0 Å². The number of hydrogen-bond donors (Lipinski definition) is 2. The van der Waals surface area contributed by atoms with Crippen LogP contribution in [0.2, 0.25) is 0 Å². The highest BCUT2D eigenvalue weighted by Gasteiger charge is 2.12. The van der Waals surface area contributed by atoms with Crippen molar-refractivity contribution < 1.29 is 0 Å². The van der Waals surface area contributed by atoms with E-state index in [0.717, 1.165) is 0 Å². The van der Waals surface area contributed by atoms with Gasteiger partial charge in [-0.2, -0.15) is 34.9 Å². The van der Waals surface area contributed by atoms with Crippen LogP contribution in [0.4, 0.5) is 11.8 Å². The smallest absolute Gasteiger partial charge is 0.253 e. The Balaban J connectivity index is 1.72. The Morgan fingerprint density at radius 3 is 2.46 bits per heavy atom. The van der Waals surface area contributed by atoms with E-state index in [4.69, 9.17) is 0 Å². The summed E-state index contributed by atoms with van der Waals surface area (Å²) in [6, 6.07) is 0. The second-order valence-electron chi connectivity index (χ2n) is 4.68. The van der Waals surface area contributed by atoms with Gasteiger partial charge >= 0.3 is 0 Å². The molecule has 12 nitrogen and oxygen atoms in total. The predicted octanol–water partition coefficient (Wildman–Crippen LogP) is -0.973. The number of guanidine groups is 2. The number of fused-ring (bicyclic) bond motifs is 6. The van der Waals surface area contributed by atoms with Crippen LogP contribution >= 0.6 is 0 Å². The molecule has 0 saturated carbocycles. The molecule has 0 spiro atoms. The van der Waals surface area contributed by atoms with Gasteiger partial charge in [0.05, 0.1) is 18.6 Å². The minimum absolute atomic E-state index is 0.228. The normalized spacial score (nSPS) is 17.7. The molecule has 12 heteroatoms. The van der Waals surface area contributed by atoms with Crippen molar-refractivity contribution in [1.29, 1.82) is 0 Å². The van der Waals surface area contributed by atoms with E-state index in [9.17, 15) is 0 Å². The van der Waals surface area contributed by atoms with E-state index in [-0.39, 0.29) is 11.9 Å². The van der Waals surface area contributed by atoms with Gasteiger partial charge in [0.15, 0.2) is 23.0 Å². The Morgan fingerprint density at radius 2 is 1.58 bits per heavy atom. The lowest BCUT2D eigenvalue weighted by atomic mass is 10.7. The monoisotopic (exact) mass is 318 g/mol. The van der Waals surface area contributed by atoms with Gasteiger partial charge in [-0.1, -0.05) is 0 Å². The number of H-pyrrole nitrogens is 2. The summed E-state index contributed by atoms with van der Waals surface area (Å²) in [7, 11) is 0. The van der Waals surface area contributed by atoms with E-state index in [1.807, 2.05) is 0 Å². The highest BCUT2D eigenvalue weighted by Crippen LogP contribution is 2.14. The first-order valence-corrected chi connectivity index (χ1v) is 6.77. The second-order valence-corrected chi connectivity index (χ2v) is 4.68. The number of imidazole rings is 2. The Labute approximate surface area is 132 Å². The van der Waals surface area contributed by atoms with Gasteiger partial charge in [-0.05, 0) is 0 Å². The lowest BCUT2D eigenvalue weighted by Gasteiger charge is -1.87.